The average molecular weight is 258 g/mol. The number of rotatable bonds is 3. The highest BCUT2D eigenvalue weighted by molar-refractivity contribution is 7.68. The van der Waals surface area contributed by atoms with Gasteiger partial charge in [-0.15, -0.1) is 4.37 Å². The van der Waals surface area contributed by atoms with E-state index in [1.165, 1.54) is 20.9 Å². The minimum atomic E-state index is -0.585. The summed E-state index contributed by atoms with van der Waals surface area (Å²) < 4.78 is 8.82. The molecule has 0 fully saturated rings. The summed E-state index contributed by atoms with van der Waals surface area (Å²) in [6.07, 6.45) is 0. The lowest BCUT2D eigenvalue weighted by molar-refractivity contribution is 0.0771. The maximum absolute atomic E-state index is 12.1. The van der Waals surface area contributed by atoms with E-state index >= 15 is 0 Å². The monoisotopic (exact) mass is 258 g/mol. The third-order valence-electron chi connectivity index (χ3n) is 2.32. The molecule has 16 heavy (non-hydrogen) atoms. The molecule has 0 aromatic carbocycles. The quantitative estimate of drug-likeness (QED) is 0.787. The molecule has 86 valence electrons. The summed E-state index contributed by atoms with van der Waals surface area (Å²) in [6.45, 7) is 4.89. The molecule has 0 N–H and O–H groups in total. The Balaban J connectivity index is 2.47. The van der Waals surface area contributed by atoms with Crippen molar-refractivity contribution in [1.82, 2.24) is 9.27 Å². The van der Waals surface area contributed by atoms with Crippen molar-refractivity contribution in [2.45, 2.75) is 13.8 Å². The van der Waals surface area contributed by atoms with Gasteiger partial charge in [-0.05, 0) is 13.8 Å². The number of carbonyl (C=O) groups excluding carboxylic acids is 1. The number of carbonyl (C=O) groups is 1. The van der Waals surface area contributed by atoms with Crippen molar-refractivity contribution in [3.05, 3.63) is 16.0 Å². The van der Waals surface area contributed by atoms with Gasteiger partial charge in [-0.1, -0.05) is 10.3 Å². The molecule has 0 radical (unpaired) electrons. The Bertz CT molecular complexity index is 523. The third kappa shape index (κ3) is 1.65. The highest BCUT2D eigenvalue weighted by Gasteiger charge is 2.29. The molecule has 0 aromatic rings. The van der Waals surface area contributed by atoms with Gasteiger partial charge in [0, 0.05) is 23.6 Å². The summed E-state index contributed by atoms with van der Waals surface area (Å²) in [5, 5.41) is 0. The van der Waals surface area contributed by atoms with Gasteiger partial charge < -0.3 is 9.32 Å². The van der Waals surface area contributed by atoms with Gasteiger partial charge in [-0.3, -0.25) is 4.79 Å². The van der Waals surface area contributed by atoms with E-state index in [0.29, 0.717) is 18.0 Å². The van der Waals surface area contributed by atoms with Crippen LogP contribution in [0.1, 0.15) is 24.2 Å². The van der Waals surface area contributed by atoms with Gasteiger partial charge in [0.2, 0.25) is 0 Å². The first-order chi connectivity index (χ1) is 7.69. The van der Waals surface area contributed by atoms with Crippen molar-refractivity contribution in [1.29, 1.82) is 0 Å². The Kier molecular flexibility index (Phi) is 3.06. The second-order valence-corrected chi connectivity index (χ2v) is 4.98. The molecule has 0 saturated heterocycles. The maximum Gasteiger partial charge on any atom is 0.352 e. The molecule has 1 amide bonds. The first kappa shape index (κ1) is 11.3. The van der Waals surface area contributed by atoms with Crippen LogP contribution in [0.5, 0.6) is 0 Å². The highest BCUT2D eigenvalue weighted by atomic mass is 32.9. The number of furan rings is 1. The Morgan fingerprint density at radius 1 is 1.44 bits per heavy atom. The summed E-state index contributed by atoms with van der Waals surface area (Å²) in [6, 6.07) is 0. The first-order valence-electron chi connectivity index (χ1n) is 4.86. The lowest BCUT2D eigenvalue weighted by atomic mass is 10.2. The molecule has 0 bridgehead atoms. The van der Waals surface area contributed by atoms with Gasteiger partial charge in [0.25, 0.3) is 11.8 Å². The van der Waals surface area contributed by atoms with Crippen LogP contribution in [0.25, 0.3) is 10.8 Å². The van der Waals surface area contributed by atoms with Gasteiger partial charge >= 0.3 is 5.63 Å². The van der Waals surface area contributed by atoms with E-state index in [4.69, 9.17) is 4.42 Å². The van der Waals surface area contributed by atoms with Crippen molar-refractivity contribution in [2.24, 2.45) is 0 Å². The predicted octanol–water partition coefficient (Wildman–Crippen LogP) is 1.74. The van der Waals surface area contributed by atoms with Crippen LogP contribution in [0.4, 0.5) is 0 Å². The Hall–Kier alpha value is -1.21. The molecular weight excluding hydrogens is 248 g/mol. The van der Waals surface area contributed by atoms with E-state index in [2.05, 4.69) is 4.37 Å². The summed E-state index contributed by atoms with van der Waals surface area (Å²) in [5.41, 5.74) is -0.462. The maximum atomic E-state index is 12.1. The summed E-state index contributed by atoms with van der Waals surface area (Å²) in [4.78, 5) is 25.7. The van der Waals surface area contributed by atoms with Crippen molar-refractivity contribution in [3.63, 3.8) is 0 Å². The van der Waals surface area contributed by atoms with Crippen LogP contribution in [0.15, 0.2) is 9.21 Å². The van der Waals surface area contributed by atoms with E-state index < -0.39 is 5.63 Å². The van der Waals surface area contributed by atoms with E-state index in [1.54, 1.807) is 4.90 Å². The molecule has 0 unspecified atom stereocenters. The number of hydrogen-bond acceptors (Lipinski definition) is 6. The Morgan fingerprint density at radius 2 is 2.12 bits per heavy atom. The second-order valence-electron chi connectivity index (χ2n) is 3.13. The fraction of sp³-hybridized carbons (Fsp3) is 0.444. The second kappa shape index (κ2) is 4.34. The zero-order valence-corrected chi connectivity index (χ0v) is 10.5. The van der Waals surface area contributed by atoms with Crippen LogP contribution >= 0.6 is 20.9 Å². The molecule has 7 heteroatoms. The number of nitrogens with zero attached hydrogens (tertiary/aromatic N) is 2. The lowest BCUT2D eigenvalue weighted by Crippen LogP contribution is -2.32. The molecule has 2 aliphatic rings. The van der Waals surface area contributed by atoms with E-state index in [-0.39, 0.29) is 17.4 Å². The summed E-state index contributed by atoms with van der Waals surface area (Å²) >= 11 is 0. The SMILES string of the molecule is CCN(CC)C(=O)c1c2ssnc-2oc1=O. The van der Waals surface area contributed by atoms with Gasteiger partial charge in [0.05, 0.1) is 0 Å². The molecule has 0 aliphatic carbocycles. The average Bonchev–Trinajstić information content (AvgIpc) is 2.78. The summed E-state index contributed by atoms with van der Waals surface area (Å²) in [5.74, 6) is 0.000654. The third-order valence-corrected chi connectivity index (χ3v) is 4.13. The molecule has 0 aromatic heterocycles. The zero-order valence-electron chi connectivity index (χ0n) is 8.85. The molecular formula is C9H10N2O3S2. The fourth-order valence-corrected chi connectivity index (χ4v) is 3.25. The molecule has 2 aliphatic heterocycles. The molecule has 2 rings (SSSR count). The standard InChI is InChI=1S/C9H10N2O3S2/c1-3-11(4-2)8(12)5-6-7(10-16-15-6)14-9(5)13/h3-4H2,1-2H3. The molecule has 0 spiro atoms. The van der Waals surface area contributed by atoms with Gasteiger partial charge in [0.1, 0.15) is 10.4 Å². The first-order valence-corrected chi connectivity index (χ1v) is 6.97. The van der Waals surface area contributed by atoms with E-state index in [0.717, 1.165) is 0 Å². The van der Waals surface area contributed by atoms with Crippen LogP contribution in [0, 0.1) is 0 Å². The largest absolute Gasteiger partial charge is 0.401 e. The Labute approximate surface area is 99.2 Å². The van der Waals surface area contributed by atoms with E-state index in [1.807, 2.05) is 13.8 Å². The molecule has 5 nitrogen and oxygen atoms in total. The smallest absolute Gasteiger partial charge is 0.352 e. The van der Waals surface area contributed by atoms with Crippen LogP contribution in [0.3, 0.4) is 0 Å². The molecule has 0 atom stereocenters. The van der Waals surface area contributed by atoms with Crippen molar-refractivity contribution < 1.29 is 9.21 Å². The van der Waals surface area contributed by atoms with Gasteiger partial charge in [0.15, 0.2) is 0 Å². The van der Waals surface area contributed by atoms with E-state index in [9.17, 15) is 9.59 Å². The minimum absolute atomic E-state index is 0.123. The number of fused-ring (bicyclic) bond motifs is 1. The van der Waals surface area contributed by atoms with Crippen LogP contribution < -0.4 is 5.63 Å². The van der Waals surface area contributed by atoms with Crippen LogP contribution in [0.2, 0.25) is 0 Å². The number of hydrogen-bond donors (Lipinski definition) is 0. The molecule has 0 saturated carbocycles. The van der Waals surface area contributed by atoms with Crippen molar-refractivity contribution >= 4 is 26.8 Å². The Morgan fingerprint density at radius 3 is 2.75 bits per heavy atom. The number of aromatic nitrogens is 1. The van der Waals surface area contributed by atoms with Gasteiger partial charge in [-0.2, -0.15) is 0 Å². The van der Waals surface area contributed by atoms with Crippen molar-refractivity contribution in [3.8, 4) is 10.8 Å². The van der Waals surface area contributed by atoms with Crippen LogP contribution in [-0.4, -0.2) is 28.3 Å². The highest BCUT2D eigenvalue weighted by Crippen LogP contribution is 2.31. The molecule has 2 heterocycles. The summed E-state index contributed by atoms with van der Waals surface area (Å²) in [7, 11) is 2.51. The lowest BCUT2D eigenvalue weighted by Gasteiger charge is -2.16. The normalized spacial score (nSPS) is 10.9. The van der Waals surface area contributed by atoms with Crippen LogP contribution in [-0.2, 0) is 0 Å². The van der Waals surface area contributed by atoms with Gasteiger partial charge in [-0.25, -0.2) is 4.79 Å². The minimum Gasteiger partial charge on any atom is -0.401 e. The topological polar surface area (TPSA) is 63.4 Å². The fourth-order valence-electron chi connectivity index (χ4n) is 1.47. The zero-order chi connectivity index (χ0) is 11.7. The predicted molar refractivity (Wildman–Crippen MR) is 62.4 cm³/mol. The number of amides is 1. The van der Waals surface area contributed by atoms with Crippen molar-refractivity contribution in [2.75, 3.05) is 13.1 Å².